The molecule has 0 bridgehead atoms. The maximum Gasteiger partial charge on any atom is 0.122 e. The van der Waals surface area contributed by atoms with Gasteiger partial charge in [0.2, 0.25) is 0 Å². The molecule has 1 heterocycles. The number of hydrogen-bond donors (Lipinski definition) is 1. The molecule has 4 heteroatoms. The molecule has 0 aliphatic heterocycles. The van der Waals surface area contributed by atoms with Crippen LogP contribution < -0.4 is 10.1 Å². The fourth-order valence-corrected chi connectivity index (χ4v) is 2.89. The van der Waals surface area contributed by atoms with Crippen LogP contribution in [0.3, 0.4) is 0 Å². The Morgan fingerprint density at radius 3 is 2.44 bits per heavy atom. The second kappa shape index (κ2) is 7.01. The summed E-state index contributed by atoms with van der Waals surface area (Å²) in [4.78, 5) is 0. The van der Waals surface area contributed by atoms with Crippen LogP contribution in [0.4, 0.5) is 5.69 Å². The molecule has 0 aliphatic rings. The molecule has 0 radical (unpaired) electrons. The zero-order valence-electron chi connectivity index (χ0n) is 15.6. The summed E-state index contributed by atoms with van der Waals surface area (Å²) in [5.74, 6) is 0.898. The van der Waals surface area contributed by atoms with Gasteiger partial charge in [-0.25, -0.2) is 4.68 Å². The molecule has 0 unspecified atom stereocenters. The van der Waals surface area contributed by atoms with E-state index in [0.29, 0.717) is 6.61 Å². The van der Waals surface area contributed by atoms with Crippen LogP contribution in [0, 0.1) is 27.7 Å². The molecule has 130 valence electrons. The van der Waals surface area contributed by atoms with Crippen molar-refractivity contribution < 1.29 is 4.74 Å². The highest BCUT2D eigenvalue weighted by Gasteiger charge is 2.09. The molecular weight excluding hydrogens is 310 g/mol. The third-order valence-corrected chi connectivity index (χ3v) is 4.62. The highest BCUT2D eigenvalue weighted by atomic mass is 16.5. The lowest BCUT2D eigenvalue weighted by Gasteiger charge is -2.15. The van der Waals surface area contributed by atoms with Crippen LogP contribution >= 0.6 is 0 Å². The standard InChI is InChI=1S/C21H25N3O/c1-14-7-6-8-20(22-5)19(14)13-25-21-10-9-18(11-15(21)2)24-12-16(3)17(4)23-24/h6-12,22H,13H2,1-5H3. The summed E-state index contributed by atoms with van der Waals surface area (Å²) in [6.07, 6.45) is 2.05. The first-order valence-corrected chi connectivity index (χ1v) is 8.52. The van der Waals surface area contributed by atoms with Gasteiger partial charge in [-0.1, -0.05) is 12.1 Å². The second-order valence-corrected chi connectivity index (χ2v) is 6.43. The minimum absolute atomic E-state index is 0.545. The number of rotatable bonds is 5. The van der Waals surface area contributed by atoms with E-state index in [1.807, 2.05) is 30.8 Å². The molecular formula is C21H25N3O. The van der Waals surface area contributed by atoms with E-state index in [1.54, 1.807) is 0 Å². The summed E-state index contributed by atoms with van der Waals surface area (Å²) in [5.41, 5.74) is 7.91. The lowest BCUT2D eigenvalue weighted by molar-refractivity contribution is 0.304. The first-order chi connectivity index (χ1) is 12.0. The predicted octanol–water partition coefficient (Wildman–Crippen LogP) is 4.73. The molecule has 25 heavy (non-hydrogen) atoms. The molecule has 1 N–H and O–H groups in total. The number of hydrogen-bond acceptors (Lipinski definition) is 3. The second-order valence-electron chi connectivity index (χ2n) is 6.43. The molecule has 0 atom stereocenters. The normalized spacial score (nSPS) is 10.8. The van der Waals surface area contributed by atoms with Crippen LogP contribution in [0.15, 0.2) is 42.6 Å². The number of aromatic nitrogens is 2. The lowest BCUT2D eigenvalue weighted by Crippen LogP contribution is -2.04. The smallest absolute Gasteiger partial charge is 0.122 e. The SMILES string of the molecule is CNc1cccc(C)c1COc1ccc(-n2cc(C)c(C)n2)cc1C. The van der Waals surface area contributed by atoms with Crippen LogP contribution in [0.1, 0.15) is 27.9 Å². The summed E-state index contributed by atoms with van der Waals surface area (Å²) in [6.45, 7) is 8.82. The van der Waals surface area contributed by atoms with Gasteiger partial charge in [-0.15, -0.1) is 0 Å². The first kappa shape index (κ1) is 17.1. The van der Waals surface area contributed by atoms with Crippen molar-refractivity contribution in [2.75, 3.05) is 12.4 Å². The van der Waals surface area contributed by atoms with Crippen molar-refractivity contribution in [1.29, 1.82) is 0 Å². The highest BCUT2D eigenvalue weighted by Crippen LogP contribution is 2.25. The summed E-state index contributed by atoms with van der Waals surface area (Å²) < 4.78 is 8.01. The zero-order chi connectivity index (χ0) is 18.0. The number of ether oxygens (including phenoxy) is 1. The van der Waals surface area contributed by atoms with Gasteiger partial charge in [0, 0.05) is 24.5 Å². The van der Waals surface area contributed by atoms with E-state index in [1.165, 1.54) is 16.7 Å². The maximum absolute atomic E-state index is 6.10. The van der Waals surface area contributed by atoms with E-state index in [4.69, 9.17) is 4.74 Å². The fourth-order valence-electron chi connectivity index (χ4n) is 2.89. The highest BCUT2D eigenvalue weighted by molar-refractivity contribution is 5.54. The van der Waals surface area contributed by atoms with Crippen LogP contribution in [0.25, 0.3) is 5.69 Å². The molecule has 3 aromatic rings. The Balaban J connectivity index is 1.81. The third-order valence-electron chi connectivity index (χ3n) is 4.62. The van der Waals surface area contributed by atoms with Crippen LogP contribution in [-0.4, -0.2) is 16.8 Å². The topological polar surface area (TPSA) is 39.1 Å². The zero-order valence-corrected chi connectivity index (χ0v) is 15.6. The number of aryl methyl sites for hydroxylation is 4. The van der Waals surface area contributed by atoms with Gasteiger partial charge in [-0.2, -0.15) is 5.10 Å². The van der Waals surface area contributed by atoms with Crippen LogP contribution in [0.5, 0.6) is 5.75 Å². The van der Waals surface area contributed by atoms with E-state index < -0.39 is 0 Å². The minimum Gasteiger partial charge on any atom is -0.489 e. The first-order valence-electron chi connectivity index (χ1n) is 8.52. The Labute approximate surface area is 149 Å². The number of anilines is 1. The molecule has 0 fully saturated rings. The third kappa shape index (κ3) is 3.53. The molecule has 0 amide bonds. The van der Waals surface area contributed by atoms with Crippen molar-refractivity contribution in [3.63, 3.8) is 0 Å². The van der Waals surface area contributed by atoms with Crippen molar-refractivity contribution >= 4 is 5.69 Å². The van der Waals surface area contributed by atoms with Gasteiger partial charge in [0.25, 0.3) is 0 Å². The van der Waals surface area contributed by atoms with Crippen LogP contribution in [-0.2, 0) is 6.61 Å². The van der Waals surface area contributed by atoms with E-state index >= 15 is 0 Å². The van der Waals surface area contributed by atoms with Crippen molar-refractivity contribution in [2.24, 2.45) is 0 Å². The number of benzene rings is 2. The van der Waals surface area contributed by atoms with Crippen LogP contribution in [0.2, 0.25) is 0 Å². The largest absolute Gasteiger partial charge is 0.489 e. The molecule has 1 aromatic heterocycles. The average molecular weight is 335 g/mol. The molecule has 3 rings (SSSR count). The van der Waals surface area contributed by atoms with E-state index in [2.05, 4.69) is 61.6 Å². The summed E-state index contributed by atoms with van der Waals surface area (Å²) in [7, 11) is 1.94. The molecule has 2 aromatic carbocycles. The Bertz CT molecular complexity index is 877. The Kier molecular flexibility index (Phi) is 4.79. The van der Waals surface area contributed by atoms with Gasteiger partial charge in [-0.3, -0.25) is 0 Å². The van der Waals surface area contributed by atoms with E-state index in [0.717, 1.165) is 28.4 Å². The van der Waals surface area contributed by atoms with E-state index in [-0.39, 0.29) is 0 Å². The van der Waals surface area contributed by atoms with Crippen molar-refractivity contribution in [3.8, 4) is 11.4 Å². The van der Waals surface area contributed by atoms with Gasteiger partial charge in [0.1, 0.15) is 12.4 Å². The summed E-state index contributed by atoms with van der Waals surface area (Å²) in [5, 5.41) is 7.78. The quantitative estimate of drug-likeness (QED) is 0.733. The Hall–Kier alpha value is -2.75. The fraction of sp³-hybridized carbons (Fsp3) is 0.286. The van der Waals surface area contributed by atoms with Gasteiger partial charge in [-0.05, 0) is 68.7 Å². The van der Waals surface area contributed by atoms with Crippen molar-refractivity contribution in [1.82, 2.24) is 9.78 Å². The Morgan fingerprint density at radius 1 is 1.00 bits per heavy atom. The molecule has 4 nitrogen and oxygen atoms in total. The van der Waals surface area contributed by atoms with Gasteiger partial charge in [0.05, 0.1) is 11.4 Å². The monoisotopic (exact) mass is 335 g/mol. The minimum atomic E-state index is 0.545. The number of nitrogens with zero attached hydrogens (tertiary/aromatic N) is 2. The average Bonchev–Trinajstić information content (AvgIpc) is 2.93. The van der Waals surface area contributed by atoms with Gasteiger partial charge in [0.15, 0.2) is 0 Å². The molecule has 0 saturated heterocycles. The van der Waals surface area contributed by atoms with Crippen molar-refractivity contribution in [3.05, 3.63) is 70.5 Å². The Morgan fingerprint density at radius 2 is 1.80 bits per heavy atom. The number of nitrogens with one attached hydrogen (secondary N) is 1. The molecule has 0 spiro atoms. The summed E-state index contributed by atoms with van der Waals surface area (Å²) >= 11 is 0. The van der Waals surface area contributed by atoms with Gasteiger partial charge < -0.3 is 10.1 Å². The van der Waals surface area contributed by atoms with Gasteiger partial charge >= 0.3 is 0 Å². The maximum atomic E-state index is 6.10. The summed E-state index contributed by atoms with van der Waals surface area (Å²) in [6, 6.07) is 12.4. The molecule has 0 aliphatic carbocycles. The lowest BCUT2D eigenvalue weighted by atomic mass is 10.1. The molecule has 0 saturated carbocycles. The van der Waals surface area contributed by atoms with E-state index in [9.17, 15) is 0 Å². The predicted molar refractivity (Wildman–Crippen MR) is 103 cm³/mol. The van der Waals surface area contributed by atoms with Crippen molar-refractivity contribution in [2.45, 2.75) is 34.3 Å².